The molecule has 8 aromatic carbocycles. The maximum absolute atomic E-state index is 11.8. The molecule has 0 radical (unpaired) electrons. The SMILES string of the molecule is C=C(C)C(=O)OCC(O)COc1ccc2cc(C3(c4ccc5cc(OCC(O)COC(=O)C(=C)C)ccc5c4)c4ccc5ccccc5c4-c4c3ccc3ccccc43)ccc2c1. The van der Waals surface area contributed by atoms with E-state index in [-0.39, 0.29) is 37.6 Å². The van der Waals surface area contributed by atoms with Crippen molar-refractivity contribution >= 4 is 55.0 Å². The van der Waals surface area contributed by atoms with Crippen LogP contribution in [0.3, 0.4) is 0 Å². The highest BCUT2D eigenvalue weighted by atomic mass is 16.6. The van der Waals surface area contributed by atoms with E-state index < -0.39 is 29.6 Å². The van der Waals surface area contributed by atoms with Gasteiger partial charge in [0, 0.05) is 11.1 Å². The summed E-state index contributed by atoms with van der Waals surface area (Å²) in [6.45, 7) is 9.80. The van der Waals surface area contributed by atoms with Gasteiger partial charge >= 0.3 is 11.9 Å². The average Bonchev–Trinajstić information content (AvgIpc) is 3.62. The zero-order valence-electron chi connectivity index (χ0n) is 35.1. The molecule has 1 aliphatic rings. The number of ether oxygens (including phenoxy) is 4. The maximum Gasteiger partial charge on any atom is 0.333 e. The third kappa shape index (κ3) is 7.69. The van der Waals surface area contributed by atoms with Gasteiger partial charge < -0.3 is 29.2 Å². The van der Waals surface area contributed by atoms with Crippen LogP contribution in [0.1, 0.15) is 36.1 Å². The van der Waals surface area contributed by atoms with Crippen LogP contribution in [0.25, 0.3) is 54.2 Å². The van der Waals surface area contributed by atoms with E-state index in [2.05, 4.69) is 122 Å². The quantitative estimate of drug-likeness (QED) is 0.0823. The molecular weight excluding hydrogens is 789 g/mol. The minimum Gasteiger partial charge on any atom is -0.491 e. The van der Waals surface area contributed by atoms with Crippen LogP contribution in [0.4, 0.5) is 0 Å². The van der Waals surface area contributed by atoms with Crippen molar-refractivity contribution in [1.82, 2.24) is 0 Å². The molecule has 9 rings (SSSR count). The summed E-state index contributed by atoms with van der Waals surface area (Å²) in [5.41, 5.74) is 6.81. The molecule has 314 valence electrons. The van der Waals surface area contributed by atoms with Crippen molar-refractivity contribution in [2.45, 2.75) is 31.5 Å². The lowest BCUT2D eigenvalue weighted by molar-refractivity contribution is -0.143. The number of hydrogen-bond acceptors (Lipinski definition) is 8. The highest BCUT2D eigenvalue weighted by Gasteiger charge is 2.47. The molecule has 0 fully saturated rings. The Kier molecular flexibility index (Phi) is 11.0. The van der Waals surface area contributed by atoms with E-state index in [1.165, 1.54) is 43.8 Å². The number of aliphatic hydroxyl groups is 2. The molecule has 1 aliphatic carbocycles. The Bertz CT molecular complexity index is 2920. The molecule has 0 aromatic heterocycles. The summed E-state index contributed by atoms with van der Waals surface area (Å²) in [6, 6.07) is 51.2. The van der Waals surface area contributed by atoms with Crippen LogP contribution in [0.5, 0.6) is 11.5 Å². The molecule has 2 N–H and O–H groups in total. The van der Waals surface area contributed by atoms with Gasteiger partial charge in [-0.05, 0) is 127 Å². The first-order valence-electron chi connectivity index (χ1n) is 20.9. The van der Waals surface area contributed by atoms with Crippen LogP contribution in [0.2, 0.25) is 0 Å². The van der Waals surface area contributed by atoms with Gasteiger partial charge in [-0.1, -0.05) is 122 Å². The predicted molar refractivity (Wildman–Crippen MR) is 248 cm³/mol. The van der Waals surface area contributed by atoms with Crippen molar-refractivity contribution in [3.63, 3.8) is 0 Å². The summed E-state index contributed by atoms with van der Waals surface area (Å²) >= 11 is 0. The topological polar surface area (TPSA) is 112 Å². The van der Waals surface area contributed by atoms with Crippen molar-refractivity contribution in [2.24, 2.45) is 0 Å². The van der Waals surface area contributed by atoms with Gasteiger partial charge in [0.2, 0.25) is 0 Å². The second-order valence-corrected chi connectivity index (χ2v) is 16.3. The summed E-state index contributed by atoms with van der Waals surface area (Å²) in [6.07, 6.45) is -2.00. The van der Waals surface area contributed by atoms with Crippen molar-refractivity contribution < 1.29 is 38.7 Å². The number of fused-ring (bicyclic) bond motifs is 9. The molecule has 2 unspecified atom stereocenters. The normalized spacial score (nSPS) is 13.6. The Labute approximate surface area is 365 Å². The Morgan fingerprint density at radius 2 is 0.873 bits per heavy atom. The van der Waals surface area contributed by atoms with Gasteiger partial charge in [0.1, 0.15) is 50.1 Å². The molecule has 0 saturated heterocycles. The van der Waals surface area contributed by atoms with Crippen LogP contribution < -0.4 is 9.47 Å². The molecule has 0 bridgehead atoms. The fraction of sp³-hybridized carbons (Fsp3) is 0.164. The first-order valence-corrected chi connectivity index (χ1v) is 20.9. The molecule has 63 heavy (non-hydrogen) atoms. The minimum atomic E-state index is -1.00. The van der Waals surface area contributed by atoms with E-state index in [9.17, 15) is 19.8 Å². The third-order valence-electron chi connectivity index (χ3n) is 11.8. The van der Waals surface area contributed by atoms with E-state index in [1.54, 1.807) is 13.8 Å². The lowest BCUT2D eigenvalue weighted by Gasteiger charge is -2.34. The molecule has 8 heteroatoms. The number of aliphatic hydroxyl groups excluding tert-OH is 2. The summed E-state index contributed by atoms with van der Waals surface area (Å²) in [7, 11) is 0. The molecule has 8 aromatic rings. The fourth-order valence-electron chi connectivity index (χ4n) is 8.81. The fourth-order valence-corrected chi connectivity index (χ4v) is 8.81. The lowest BCUT2D eigenvalue weighted by atomic mass is 9.67. The van der Waals surface area contributed by atoms with E-state index >= 15 is 0 Å². The Hall–Kier alpha value is -7.26. The molecule has 8 nitrogen and oxygen atoms in total. The van der Waals surface area contributed by atoms with E-state index in [4.69, 9.17) is 18.9 Å². The molecule has 2 atom stereocenters. The number of rotatable bonds is 14. The van der Waals surface area contributed by atoms with Crippen molar-refractivity contribution in [3.05, 3.63) is 192 Å². The smallest absolute Gasteiger partial charge is 0.333 e. The zero-order valence-corrected chi connectivity index (χ0v) is 35.1. The summed E-state index contributed by atoms with van der Waals surface area (Å²) in [4.78, 5) is 23.6. The van der Waals surface area contributed by atoms with Gasteiger partial charge in [-0.15, -0.1) is 0 Å². The average molecular weight is 835 g/mol. The summed E-state index contributed by atoms with van der Waals surface area (Å²) in [5.74, 6) is 0.0621. The van der Waals surface area contributed by atoms with Crippen LogP contribution >= 0.6 is 0 Å². The van der Waals surface area contributed by atoms with Crippen LogP contribution in [0, 0.1) is 0 Å². The number of benzene rings is 8. The van der Waals surface area contributed by atoms with Crippen molar-refractivity contribution in [1.29, 1.82) is 0 Å². The largest absolute Gasteiger partial charge is 0.491 e. The highest BCUT2D eigenvalue weighted by molar-refractivity contribution is 6.12. The lowest BCUT2D eigenvalue weighted by Crippen LogP contribution is -2.28. The van der Waals surface area contributed by atoms with E-state index in [0.29, 0.717) is 11.5 Å². The third-order valence-corrected chi connectivity index (χ3v) is 11.8. The van der Waals surface area contributed by atoms with E-state index in [0.717, 1.165) is 32.7 Å². The molecular formula is C55H46O8. The van der Waals surface area contributed by atoms with Gasteiger partial charge in [0.25, 0.3) is 0 Å². The predicted octanol–water partition coefficient (Wildman–Crippen LogP) is 10.4. The molecule has 0 amide bonds. The van der Waals surface area contributed by atoms with Gasteiger partial charge in [-0.2, -0.15) is 0 Å². The summed E-state index contributed by atoms with van der Waals surface area (Å²) in [5, 5.41) is 29.6. The Morgan fingerprint density at radius 1 is 0.492 bits per heavy atom. The maximum atomic E-state index is 11.8. The first kappa shape index (κ1) is 41.1. The van der Waals surface area contributed by atoms with Crippen molar-refractivity contribution in [2.75, 3.05) is 26.4 Å². The standard InChI is InChI=1S/C55H46O8/c1-33(2)53(58)62-31-43(56)29-60-45-21-15-37-25-41(19-13-39(37)27-45)55(42-20-14-40-28-46(22-16-38(40)26-42)61-30-44(57)32-63-54(59)34(3)4)49-23-17-35-9-5-7-11-47(35)51(49)52-48-12-8-6-10-36(48)18-24-50(52)55/h5-28,43-44,56-57H,1,3,29-32H2,2,4H3. The minimum absolute atomic E-state index is 0.0455. The zero-order chi connectivity index (χ0) is 43.8. The second-order valence-electron chi connectivity index (χ2n) is 16.3. The Balaban J connectivity index is 1.15. The number of esters is 2. The molecule has 0 spiro atoms. The van der Waals surface area contributed by atoms with Crippen molar-refractivity contribution in [3.8, 4) is 22.6 Å². The number of carbonyl (C=O) groups is 2. The molecule has 0 aliphatic heterocycles. The highest BCUT2D eigenvalue weighted by Crippen LogP contribution is 2.60. The molecule has 0 saturated carbocycles. The van der Waals surface area contributed by atoms with Crippen LogP contribution in [-0.2, 0) is 24.5 Å². The van der Waals surface area contributed by atoms with Gasteiger partial charge in [-0.25, -0.2) is 9.59 Å². The first-order chi connectivity index (χ1) is 30.5. The second kappa shape index (κ2) is 16.9. The van der Waals surface area contributed by atoms with E-state index in [1.807, 2.05) is 36.4 Å². The monoisotopic (exact) mass is 834 g/mol. The van der Waals surface area contributed by atoms with Gasteiger partial charge in [0.15, 0.2) is 0 Å². The number of hydrogen-bond donors (Lipinski definition) is 2. The van der Waals surface area contributed by atoms with Crippen LogP contribution in [0.15, 0.2) is 170 Å². The number of carbonyl (C=O) groups excluding carboxylic acids is 2. The van der Waals surface area contributed by atoms with Crippen LogP contribution in [-0.4, -0.2) is 60.8 Å². The van der Waals surface area contributed by atoms with Gasteiger partial charge in [0.05, 0.1) is 5.41 Å². The summed E-state index contributed by atoms with van der Waals surface area (Å²) < 4.78 is 22.1. The Morgan fingerprint density at radius 3 is 1.30 bits per heavy atom. The van der Waals surface area contributed by atoms with Gasteiger partial charge in [-0.3, -0.25) is 0 Å². The molecule has 0 heterocycles.